The number of amides is 1. The number of hydrogen-bond donors (Lipinski definition) is 1. The quantitative estimate of drug-likeness (QED) is 0.508. The second kappa shape index (κ2) is 10.5. The Labute approximate surface area is 212 Å². The van der Waals surface area contributed by atoms with Gasteiger partial charge in [-0.3, -0.25) is 4.79 Å². The predicted octanol–water partition coefficient (Wildman–Crippen LogP) is 3.26. The first kappa shape index (κ1) is 26.0. The van der Waals surface area contributed by atoms with Crippen LogP contribution in [0.2, 0.25) is 0 Å². The molecule has 3 aromatic carbocycles. The number of nitrogens with one attached hydrogen (secondary N) is 1. The Bertz CT molecular complexity index is 1440. The van der Waals surface area contributed by atoms with Crippen LogP contribution in [0, 0.1) is 6.92 Å². The lowest BCUT2D eigenvalue weighted by atomic mass is 10.1. The highest BCUT2D eigenvalue weighted by Gasteiger charge is 2.43. The number of carbonyl (C=O) groups is 1. The van der Waals surface area contributed by atoms with Gasteiger partial charge in [0.15, 0.2) is 0 Å². The van der Waals surface area contributed by atoms with Crippen molar-refractivity contribution in [1.82, 2.24) is 8.61 Å². The maximum Gasteiger partial charge on any atom is 0.244 e. The molecule has 1 heterocycles. The Hall–Kier alpha value is -3.05. The molecule has 1 aliphatic heterocycles. The molecule has 0 aliphatic carbocycles. The first-order chi connectivity index (χ1) is 17.2. The van der Waals surface area contributed by atoms with Crippen LogP contribution in [0.15, 0.2) is 88.7 Å². The van der Waals surface area contributed by atoms with Crippen molar-refractivity contribution in [2.45, 2.75) is 36.1 Å². The summed E-state index contributed by atoms with van der Waals surface area (Å²) >= 11 is 0. The molecular formula is C26H29N3O5S2. The van der Waals surface area contributed by atoms with Gasteiger partial charge >= 0.3 is 0 Å². The minimum Gasteiger partial charge on any atom is -0.324 e. The standard InChI is InChI=1S/C26H29N3O5S2/c1-3-21-12-10-11-20(2)25(21)27-26(30)24-19-28(35(31,32)22-13-6-4-7-14-22)17-18-29(24)36(33,34)23-15-8-5-9-16-23/h4-16,24H,3,17-19H2,1-2H3,(H,27,30)/t24-/m1/s1. The first-order valence-electron chi connectivity index (χ1n) is 11.7. The molecule has 0 bridgehead atoms. The van der Waals surface area contributed by atoms with Gasteiger partial charge in [-0.05, 0) is 48.7 Å². The van der Waals surface area contributed by atoms with Gasteiger partial charge in [-0.2, -0.15) is 8.61 Å². The molecule has 0 aromatic heterocycles. The number of hydrogen-bond acceptors (Lipinski definition) is 5. The first-order valence-corrected chi connectivity index (χ1v) is 14.6. The summed E-state index contributed by atoms with van der Waals surface area (Å²) < 4.78 is 56.0. The van der Waals surface area contributed by atoms with E-state index in [2.05, 4.69) is 5.32 Å². The van der Waals surface area contributed by atoms with Crippen LogP contribution < -0.4 is 5.32 Å². The van der Waals surface area contributed by atoms with Crippen molar-refractivity contribution in [3.63, 3.8) is 0 Å². The van der Waals surface area contributed by atoms with Gasteiger partial charge in [0, 0.05) is 25.3 Å². The summed E-state index contributed by atoms with van der Waals surface area (Å²) in [4.78, 5) is 13.8. The van der Waals surface area contributed by atoms with Gasteiger partial charge in [0.1, 0.15) is 6.04 Å². The van der Waals surface area contributed by atoms with Crippen molar-refractivity contribution < 1.29 is 21.6 Å². The number of sulfonamides is 2. The van der Waals surface area contributed by atoms with Gasteiger partial charge < -0.3 is 5.32 Å². The van der Waals surface area contributed by atoms with E-state index in [0.29, 0.717) is 12.1 Å². The zero-order chi connectivity index (χ0) is 25.9. The highest BCUT2D eigenvalue weighted by atomic mass is 32.2. The fraction of sp³-hybridized carbons (Fsp3) is 0.269. The van der Waals surface area contributed by atoms with Crippen LogP contribution in [0.5, 0.6) is 0 Å². The van der Waals surface area contributed by atoms with Crippen molar-refractivity contribution in [2.24, 2.45) is 0 Å². The van der Waals surface area contributed by atoms with Crippen LogP contribution in [0.4, 0.5) is 5.69 Å². The van der Waals surface area contributed by atoms with E-state index in [-0.39, 0.29) is 29.4 Å². The average Bonchev–Trinajstić information content (AvgIpc) is 2.90. The Morgan fingerprint density at radius 3 is 2.00 bits per heavy atom. The smallest absolute Gasteiger partial charge is 0.244 e. The third-order valence-electron chi connectivity index (χ3n) is 6.32. The van der Waals surface area contributed by atoms with E-state index < -0.39 is 32.0 Å². The molecule has 0 radical (unpaired) electrons. The lowest BCUT2D eigenvalue weighted by Gasteiger charge is -2.39. The fourth-order valence-corrected chi connectivity index (χ4v) is 7.39. The lowest BCUT2D eigenvalue weighted by molar-refractivity contribution is -0.120. The molecule has 1 fully saturated rings. The summed E-state index contributed by atoms with van der Waals surface area (Å²) in [5, 5.41) is 2.90. The number of carbonyl (C=O) groups excluding carboxylic acids is 1. The number of piperazine rings is 1. The van der Waals surface area contributed by atoms with E-state index in [1.165, 1.54) is 28.6 Å². The van der Waals surface area contributed by atoms with E-state index in [0.717, 1.165) is 15.4 Å². The van der Waals surface area contributed by atoms with Gasteiger partial charge in [-0.25, -0.2) is 16.8 Å². The number of rotatable bonds is 7. The van der Waals surface area contributed by atoms with Gasteiger partial charge in [0.05, 0.1) is 9.79 Å². The molecule has 4 rings (SSSR count). The number of para-hydroxylation sites is 1. The Morgan fingerprint density at radius 1 is 0.833 bits per heavy atom. The fourth-order valence-electron chi connectivity index (χ4n) is 4.34. The molecule has 1 saturated heterocycles. The molecule has 1 atom stereocenters. The molecular weight excluding hydrogens is 498 g/mol. The van der Waals surface area contributed by atoms with Crippen molar-refractivity contribution in [2.75, 3.05) is 25.0 Å². The molecule has 3 aromatic rings. The Kier molecular flexibility index (Phi) is 7.60. The van der Waals surface area contributed by atoms with E-state index in [4.69, 9.17) is 0 Å². The topological polar surface area (TPSA) is 104 Å². The summed E-state index contributed by atoms with van der Waals surface area (Å²) in [6.45, 7) is 3.29. The van der Waals surface area contributed by atoms with Crippen LogP contribution >= 0.6 is 0 Å². The van der Waals surface area contributed by atoms with E-state index in [1.807, 2.05) is 32.0 Å². The normalized spacial score (nSPS) is 17.6. The van der Waals surface area contributed by atoms with Crippen LogP contribution in [0.25, 0.3) is 0 Å². The van der Waals surface area contributed by atoms with Crippen LogP contribution in [0.1, 0.15) is 18.1 Å². The highest BCUT2D eigenvalue weighted by Crippen LogP contribution is 2.27. The lowest BCUT2D eigenvalue weighted by Crippen LogP contribution is -2.60. The largest absolute Gasteiger partial charge is 0.324 e. The van der Waals surface area contributed by atoms with Crippen molar-refractivity contribution in [3.8, 4) is 0 Å². The molecule has 0 spiro atoms. The summed E-state index contributed by atoms with van der Waals surface area (Å²) in [6, 6.07) is 20.2. The molecule has 10 heteroatoms. The van der Waals surface area contributed by atoms with Crippen LogP contribution in [0.3, 0.4) is 0 Å². The molecule has 1 N–H and O–H groups in total. The van der Waals surface area contributed by atoms with Crippen LogP contribution in [-0.4, -0.2) is 57.0 Å². The number of nitrogens with zero attached hydrogens (tertiary/aromatic N) is 2. The van der Waals surface area contributed by atoms with Crippen molar-refractivity contribution in [1.29, 1.82) is 0 Å². The van der Waals surface area contributed by atoms with E-state index >= 15 is 0 Å². The zero-order valence-corrected chi connectivity index (χ0v) is 21.8. The monoisotopic (exact) mass is 527 g/mol. The summed E-state index contributed by atoms with van der Waals surface area (Å²) in [7, 11) is -7.98. The van der Waals surface area contributed by atoms with Gasteiger partial charge in [0.2, 0.25) is 26.0 Å². The molecule has 8 nitrogen and oxygen atoms in total. The molecule has 190 valence electrons. The van der Waals surface area contributed by atoms with Gasteiger partial charge in [0.25, 0.3) is 0 Å². The minimum atomic E-state index is -4.06. The average molecular weight is 528 g/mol. The SMILES string of the molecule is CCc1cccc(C)c1NC(=O)[C@H]1CN(S(=O)(=O)c2ccccc2)CCN1S(=O)(=O)c1ccccc1. The summed E-state index contributed by atoms with van der Waals surface area (Å²) in [5.41, 5.74) is 2.36. The van der Waals surface area contributed by atoms with Crippen molar-refractivity contribution >= 4 is 31.6 Å². The number of anilines is 1. The Balaban J connectivity index is 1.72. The molecule has 0 unspecified atom stereocenters. The van der Waals surface area contributed by atoms with Gasteiger partial charge in [-0.1, -0.05) is 61.5 Å². The molecule has 1 aliphatic rings. The summed E-state index contributed by atoms with van der Waals surface area (Å²) in [6.07, 6.45) is 0.669. The maximum absolute atomic E-state index is 13.6. The second-order valence-electron chi connectivity index (χ2n) is 8.57. The van der Waals surface area contributed by atoms with E-state index in [1.54, 1.807) is 36.4 Å². The predicted molar refractivity (Wildman–Crippen MR) is 139 cm³/mol. The third kappa shape index (κ3) is 5.08. The molecule has 1 amide bonds. The second-order valence-corrected chi connectivity index (χ2v) is 12.4. The van der Waals surface area contributed by atoms with Crippen LogP contribution in [-0.2, 0) is 31.3 Å². The van der Waals surface area contributed by atoms with E-state index in [9.17, 15) is 21.6 Å². The number of benzene rings is 3. The Morgan fingerprint density at radius 2 is 1.42 bits per heavy atom. The molecule has 0 saturated carbocycles. The zero-order valence-electron chi connectivity index (χ0n) is 20.2. The summed E-state index contributed by atoms with van der Waals surface area (Å²) in [5.74, 6) is -0.577. The molecule has 36 heavy (non-hydrogen) atoms. The minimum absolute atomic E-state index is 0.0484. The number of aryl methyl sites for hydroxylation is 2. The highest BCUT2D eigenvalue weighted by molar-refractivity contribution is 7.89. The third-order valence-corrected chi connectivity index (χ3v) is 10.1. The van der Waals surface area contributed by atoms with Crippen molar-refractivity contribution in [3.05, 3.63) is 90.0 Å². The van der Waals surface area contributed by atoms with Gasteiger partial charge in [-0.15, -0.1) is 0 Å². The maximum atomic E-state index is 13.6.